The molecule has 0 amide bonds. The van der Waals surface area contributed by atoms with Crippen LogP contribution in [0.15, 0.2) is 24.3 Å². The fraction of sp³-hybridized carbons (Fsp3) is 0.600. The Balaban J connectivity index is 1.51. The third-order valence-electron chi connectivity index (χ3n) is 3.82. The van der Waals surface area contributed by atoms with E-state index in [-0.39, 0.29) is 0 Å². The van der Waals surface area contributed by atoms with Crippen LogP contribution in [-0.2, 0) is 15.9 Å². The first-order chi connectivity index (χ1) is 8.92. The molecule has 0 aromatic heterocycles. The number of rotatable bonds is 3. The average Bonchev–Trinajstić information content (AvgIpc) is 2.84. The third kappa shape index (κ3) is 2.85. The summed E-state index contributed by atoms with van der Waals surface area (Å²) in [5.74, 6) is 0. The topological polar surface area (TPSA) is 30.5 Å². The summed E-state index contributed by atoms with van der Waals surface area (Å²) in [6.07, 6.45) is 5.16. The number of ether oxygens (including phenoxy) is 2. The molecule has 0 bridgehead atoms. The minimum atomic E-state index is 0.307. The Bertz CT molecular complexity index is 361. The van der Waals surface area contributed by atoms with Crippen molar-refractivity contribution in [2.75, 3.05) is 25.1 Å². The molecule has 1 saturated heterocycles. The molecular formula is C15H21NO2. The van der Waals surface area contributed by atoms with Crippen LogP contribution in [0.5, 0.6) is 0 Å². The van der Waals surface area contributed by atoms with Gasteiger partial charge in [0.15, 0.2) is 0 Å². The monoisotopic (exact) mass is 247 g/mol. The van der Waals surface area contributed by atoms with Gasteiger partial charge in [-0.15, -0.1) is 0 Å². The van der Waals surface area contributed by atoms with Crippen LogP contribution < -0.4 is 5.32 Å². The van der Waals surface area contributed by atoms with Crippen LogP contribution in [0.3, 0.4) is 0 Å². The summed E-state index contributed by atoms with van der Waals surface area (Å²) >= 11 is 0. The van der Waals surface area contributed by atoms with Crippen LogP contribution in [0.1, 0.15) is 24.8 Å². The molecule has 2 unspecified atom stereocenters. The summed E-state index contributed by atoms with van der Waals surface area (Å²) in [7, 11) is 0. The van der Waals surface area contributed by atoms with Crippen molar-refractivity contribution in [1.82, 2.24) is 0 Å². The fourth-order valence-electron chi connectivity index (χ4n) is 2.71. The van der Waals surface area contributed by atoms with Crippen molar-refractivity contribution in [2.45, 2.75) is 37.9 Å². The Morgan fingerprint density at radius 2 is 2.22 bits per heavy atom. The third-order valence-corrected chi connectivity index (χ3v) is 3.82. The predicted octanol–water partition coefficient (Wildman–Crippen LogP) is 2.61. The molecular weight excluding hydrogens is 226 g/mol. The predicted molar refractivity (Wildman–Crippen MR) is 72.0 cm³/mol. The normalized spacial score (nSPS) is 27.3. The van der Waals surface area contributed by atoms with E-state index in [9.17, 15) is 0 Å². The quantitative estimate of drug-likeness (QED) is 0.890. The number of para-hydroxylation sites is 1. The van der Waals surface area contributed by atoms with Crippen LogP contribution in [0.25, 0.3) is 0 Å². The zero-order valence-electron chi connectivity index (χ0n) is 10.7. The van der Waals surface area contributed by atoms with Gasteiger partial charge in [-0.2, -0.15) is 0 Å². The van der Waals surface area contributed by atoms with E-state index in [0.717, 1.165) is 39.0 Å². The number of fused-ring (bicyclic) bond motifs is 1. The fourth-order valence-corrected chi connectivity index (χ4v) is 2.71. The molecule has 3 rings (SSSR count). The smallest absolute Gasteiger partial charge is 0.0809 e. The second-order valence-corrected chi connectivity index (χ2v) is 5.17. The molecule has 1 aromatic carbocycles. The van der Waals surface area contributed by atoms with Crippen LogP contribution >= 0.6 is 0 Å². The number of hydrogen-bond acceptors (Lipinski definition) is 3. The van der Waals surface area contributed by atoms with Crippen molar-refractivity contribution < 1.29 is 9.47 Å². The molecule has 2 heterocycles. The van der Waals surface area contributed by atoms with E-state index in [4.69, 9.17) is 9.47 Å². The molecule has 3 nitrogen and oxygen atoms in total. The van der Waals surface area contributed by atoms with Gasteiger partial charge in [-0.25, -0.2) is 0 Å². The zero-order valence-corrected chi connectivity index (χ0v) is 10.7. The summed E-state index contributed by atoms with van der Waals surface area (Å²) in [5, 5.41) is 3.48. The Morgan fingerprint density at radius 3 is 3.11 bits per heavy atom. The molecule has 3 heteroatoms. The molecule has 0 spiro atoms. The Morgan fingerprint density at radius 1 is 1.28 bits per heavy atom. The van der Waals surface area contributed by atoms with Gasteiger partial charge in [0.2, 0.25) is 0 Å². The molecule has 0 radical (unpaired) electrons. The van der Waals surface area contributed by atoms with Crippen LogP contribution in [-0.4, -0.2) is 32.0 Å². The second-order valence-electron chi connectivity index (χ2n) is 5.17. The van der Waals surface area contributed by atoms with Crippen LogP contribution in [0, 0.1) is 0 Å². The first kappa shape index (κ1) is 12.0. The standard InChI is InChI=1S/C15H21NO2/c1-2-6-15-12(4-1)7-8-13(10-16-15)18-11-14-5-3-9-17-14/h1-2,4,6,13-14,16H,3,5,7-11H2. The molecule has 18 heavy (non-hydrogen) atoms. The lowest BCUT2D eigenvalue weighted by Gasteiger charge is -2.18. The molecule has 0 aliphatic carbocycles. The van der Waals surface area contributed by atoms with Crippen LogP contribution in [0.4, 0.5) is 5.69 Å². The van der Waals surface area contributed by atoms with Gasteiger partial charge in [-0.3, -0.25) is 0 Å². The molecule has 1 fully saturated rings. The largest absolute Gasteiger partial charge is 0.382 e. The lowest BCUT2D eigenvalue weighted by Crippen LogP contribution is -2.26. The Labute approximate surface area is 108 Å². The van der Waals surface area contributed by atoms with E-state index < -0.39 is 0 Å². The number of nitrogens with one attached hydrogen (secondary N) is 1. The van der Waals surface area contributed by atoms with Crippen molar-refractivity contribution in [1.29, 1.82) is 0 Å². The minimum absolute atomic E-state index is 0.307. The molecule has 98 valence electrons. The van der Waals surface area contributed by atoms with Gasteiger partial charge in [-0.05, 0) is 37.3 Å². The maximum absolute atomic E-state index is 5.99. The molecule has 2 aliphatic heterocycles. The van der Waals surface area contributed by atoms with E-state index in [1.54, 1.807) is 0 Å². The van der Waals surface area contributed by atoms with Crippen LogP contribution in [0.2, 0.25) is 0 Å². The van der Waals surface area contributed by atoms with E-state index in [2.05, 4.69) is 29.6 Å². The van der Waals surface area contributed by atoms with Gasteiger partial charge in [-0.1, -0.05) is 18.2 Å². The van der Waals surface area contributed by atoms with E-state index >= 15 is 0 Å². The van der Waals surface area contributed by atoms with Gasteiger partial charge >= 0.3 is 0 Å². The van der Waals surface area contributed by atoms with E-state index in [1.165, 1.54) is 17.7 Å². The first-order valence-electron chi connectivity index (χ1n) is 6.97. The summed E-state index contributed by atoms with van der Waals surface area (Å²) in [5.41, 5.74) is 2.67. The van der Waals surface area contributed by atoms with Crippen molar-refractivity contribution in [2.24, 2.45) is 0 Å². The Kier molecular flexibility index (Phi) is 3.81. The molecule has 1 N–H and O–H groups in total. The maximum atomic E-state index is 5.99. The lowest BCUT2D eigenvalue weighted by atomic mass is 10.1. The zero-order chi connectivity index (χ0) is 12.2. The highest BCUT2D eigenvalue weighted by molar-refractivity contribution is 5.51. The average molecular weight is 247 g/mol. The molecule has 0 saturated carbocycles. The lowest BCUT2D eigenvalue weighted by molar-refractivity contribution is -0.0177. The highest BCUT2D eigenvalue weighted by Gasteiger charge is 2.20. The number of aryl methyl sites for hydroxylation is 1. The number of anilines is 1. The van der Waals surface area contributed by atoms with Gasteiger partial charge in [0.1, 0.15) is 0 Å². The van der Waals surface area contributed by atoms with E-state index in [0.29, 0.717) is 12.2 Å². The van der Waals surface area contributed by atoms with Gasteiger partial charge in [0.25, 0.3) is 0 Å². The second kappa shape index (κ2) is 5.72. The Hall–Kier alpha value is -1.06. The number of hydrogen-bond donors (Lipinski definition) is 1. The van der Waals surface area contributed by atoms with Gasteiger partial charge in [0.05, 0.1) is 18.8 Å². The molecule has 1 aromatic rings. The summed E-state index contributed by atoms with van der Waals surface area (Å²) < 4.78 is 11.6. The number of benzene rings is 1. The highest BCUT2D eigenvalue weighted by Crippen LogP contribution is 2.22. The first-order valence-corrected chi connectivity index (χ1v) is 6.97. The van der Waals surface area contributed by atoms with Crippen molar-refractivity contribution in [3.8, 4) is 0 Å². The van der Waals surface area contributed by atoms with Gasteiger partial charge < -0.3 is 14.8 Å². The molecule has 2 aliphatic rings. The van der Waals surface area contributed by atoms with Crippen molar-refractivity contribution >= 4 is 5.69 Å². The summed E-state index contributed by atoms with van der Waals surface area (Å²) in [4.78, 5) is 0. The SMILES string of the molecule is c1ccc2c(c1)CCC(OCC1CCCO1)CN2. The maximum Gasteiger partial charge on any atom is 0.0809 e. The highest BCUT2D eigenvalue weighted by atomic mass is 16.5. The minimum Gasteiger partial charge on any atom is -0.382 e. The van der Waals surface area contributed by atoms with Crippen molar-refractivity contribution in [3.05, 3.63) is 29.8 Å². The summed E-state index contributed by atoms with van der Waals surface area (Å²) in [6, 6.07) is 8.54. The van der Waals surface area contributed by atoms with E-state index in [1.807, 2.05) is 0 Å². The van der Waals surface area contributed by atoms with Crippen molar-refractivity contribution in [3.63, 3.8) is 0 Å². The summed E-state index contributed by atoms with van der Waals surface area (Å²) in [6.45, 7) is 2.56. The molecule has 2 atom stereocenters. The van der Waals surface area contributed by atoms with Gasteiger partial charge in [0, 0.05) is 18.8 Å².